The second-order valence-corrected chi connectivity index (χ2v) is 2.90. The van der Waals surface area contributed by atoms with Crippen molar-refractivity contribution in [1.29, 1.82) is 0 Å². The molecule has 1 rings (SSSR count). The molecule has 5 N–H and O–H groups in total. The molecule has 0 fully saturated rings. The Bertz CT molecular complexity index is 328. The van der Waals surface area contributed by atoms with Gasteiger partial charge in [0.2, 0.25) is 0 Å². The van der Waals surface area contributed by atoms with E-state index in [1.807, 2.05) is 12.1 Å². The number of nitrogens with one attached hydrogen (secondary N) is 3. The third-order valence-electron chi connectivity index (χ3n) is 1.77. The molecule has 0 bridgehead atoms. The number of primary amides is 1. The number of hydrogen-bond acceptors (Lipinski definition) is 4. The van der Waals surface area contributed by atoms with Gasteiger partial charge in [0.15, 0.2) is 0 Å². The minimum absolute atomic E-state index is 0.493. The predicted octanol–water partition coefficient (Wildman–Crippen LogP) is 0.203. The first-order chi connectivity index (χ1) is 7.22. The highest BCUT2D eigenvalue weighted by Gasteiger charge is 1.95. The number of pyridine rings is 1. The fourth-order valence-electron chi connectivity index (χ4n) is 1.07. The Labute approximate surface area is 88.3 Å². The van der Waals surface area contributed by atoms with Crippen molar-refractivity contribution in [2.75, 3.05) is 30.8 Å². The van der Waals surface area contributed by atoms with Crippen LogP contribution in [0.3, 0.4) is 0 Å². The Balaban J connectivity index is 2.33. The van der Waals surface area contributed by atoms with Crippen LogP contribution >= 0.6 is 0 Å². The molecule has 0 radical (unpaired) electrons. The van der Waals surface area contributed by atoms with Crippen LogP contribution < -0.4 is 21.7 Å². The van der Waals surface area contributed by atoms with Crippen molar-refractivity contribution in [2.24, 2.45) is 5.73 Å². The van der Waals surface area contributed by atoms with E-state index in [-0.39, 0.29) is 0 Å². The summed E-state index contributed by atoms with van der Waals surface area (Å²) in [7, 11) is 1.81. The first-order valence-electron chi connectivity index (χ1n) is 4.63. The van der Waals surface area contributed by atoms with Crippen LogP contribution in [-0.4, -0.2) is 31.2 Å². The second kappa shape index (κ2) is 5.69. The number of amides is 2. The number of urea groups is 1. The minimum Gasteiger partial charge on any atom is -0.383 e. The lowest BCUT2D eigenvalue weighted by atomic mass is 10.4. The zero-order valence-electron chi connectivity index (χ0n) is 8.58. The molecule has 6 nitrogen and oxygen atoms in total. The van der Waals surface area contributed by atoms with E-state index in [2.05, 4.69) is 20.9 Å². The van der Waals surface area contributed by atoms with Gasteiger partial charge < -0.3 is 21.7 Å². The van der Waals surface area contributed by atoms with Gasteiger partial charge in [0, 0.05) is 38.1 Å². The van der Waals surface area contributed by atoms with Crippen molar-refractivity contribution >= 4 is 17.5 Å². The molecule has 0 aliphatic rings. The lowest BCUT2D eigenvalue weighted by Crippen LogP contribution is -2.33. The fraction of sp³-hybridized carbons (Fsp3) is 0.333. The van der Waals surface area contributed by atoms with E-state index in [0.29, 0.717) is 13.1 Å². The van der Waals surface area contributed by atoms with Gasteiger partial charge in [0.25, 0.3) is 0 Å². The molecule has 0 aliphatic carbocycles. The molecule has 0 aromatic carbocycles. The molecule has 1 aromatic rings. The average Bonchev–Trinajstić information content (AvgIpc) is 2.24. The number of hydrogen-bond donors (Lipinski definition) is 4. The van der Waals surface area contributed by atoms with E-state index < -0.39 is 6.03 Å². The van der Waals surface area contributed by atoms with Crippen LogP contribution in [0.1, 0.15) is 0 Å². The molecule has 2 amide bonds. The van der Waals surface area contributed by atoms with Crippen molar-refractivity contribution < 1.29 is 4.79 Å². The largest absolute Gasteiger partial charge is 0.383 e. The molecular formula is C9H15N5O. The van der Waals surface area contributed by atoms with Gasteiger partial charge in [-0.1, -0.05) is 0 Å². The van der Waals surface area contributed by atoms with E-state index in [1.165, 1.54) is 0 Å². The van der Waals surface area contributed by atoms with E-state index in [9.17, 15) is 4.79 Å². The van der Waals surface area contributed by atoms with Gasteiger partial charge in [-0.3, -0.25) is 0 Å². The summed E-state index contributed by atoms with van der Waals surface area (Å²) in [6.45, 7) is 1.11. The van der Waals surface area contributed by atoms with Gasteiger partial charge in [-0.2, -0.15) is 0 Å². The molecule has 6 heteroatoms. The Morgan fingerprint density at radius 3 is 3.00 bits per heavy atom. The first-order valence-corrected chi connectivity index (χ1v) is 4.63. The van der Waals surface area contributed by atoms with E-state index in [0.717, 1.165) is 11.5 Å². The monoisotopic (exact) mass is 209 g/mol. The Morgan fingerprint density at radius 1 is 1.53 bits per heavy atom. The molecule has 0 saturated heterocycles. The van der Waals surface area contributed by atoms with Gasteiger partial charge in [-0.25, -0.2) is 9.78 Å². The van der Waals surface area contributed by atoms with Crippen LogP contribution in [0.4, 0.5) is 16.3 Å². The molecular weight excluding hydrogens is 194 g/mol. The number of rotatable bonds is 5. The highest BCUT2D eigenvalue weighted by Crippen LogP contribution is 2.10. The molecule has 82 valence electrons. The molecule has 0 saturated carbocycles. The predicted molar refractivity (Wildman–Crippen MR) is 59.9 cm³/mol. The molecule has 0 spiro atoms. The zero-order valence-corrected chi connectivity index (χ0v) is 8.58. The summed E-state index contributed by atoms with van der Waals surface area (Å²) in [5.41, 5.74) is 5.86. The van der Waals surface area contributed by atoms with Crippen LogP contribution in [0.25, 0.3) is 0 Å². The highest BCUT2D eigenvalue weighted by molar-refractivity contribution is 5.71. The molecule has 1 aromatic heterocycles. The second-order valence-electron chi connectivity index (χ2n) is 2.90. The summed E-state index contributed by atoms with van der Waals surface area (Å²) in [4.78, 5) is 14.4. The molecule has 1 heterocycles. The Kier molecular flexibility index (Phi) is 4.21. The van der Waals surface area contributed by atoms with Gasteiger partial charge >= 0.3 is 6.03 Å². The maximum absolute atomic E-state index is 10.4. The quantitative estimate of drug-likeness (QED) is 0.521. The standard InChI is InChI=1S/C9H15N5O/c1-11-8-6-7(2-3-13-8)12-4-5-14-9(10)15/h2-3,6H,4-5H2,1H3,(H3,10,14,15)(H2,11,12,13). The third-order valence-corrected chi connectivity index (χ3v) is 1.77. The minimum atomic E-state index is -0.512. The lowest BCUT2D eigenvalue weighted by molar-refractivity contribution is 0.249. The number of aromatic nitrogens is 1. The average molecular weight is 209 g/mol. The van der Waals surface area contributed by atoms with Crippen LogP contribution in [-0.2, 0) is 0 Å². The summed E-state index contributed by atoms with van der Waals surface area (Å²) in [6, 6.07) is 3.22. The normalized spacial score (nSPS) is 9.40. The zero-order chi connectivity index (χ0) is 11.1. The van der Waals surface area contributed by atoms with Gasteiger partial charge in [-0.05, 0) is 6.07 Å². The summed E-state index contributed by atoms with van der Waals surface area (Å²) in [6.07, 6.45) is 1.70. The van der Waals surface area contributed by atoms with Crippen molar-refractivity contribution in [3.8, 4) is 0 Å². The van der Waals surface area contributed by atoms with Crippen LogP contribution in [0.5, 0.6) is 0 Å². The topological polar surface area (TPSA) is 92.1 Å². The number of anilines is 2. The van der Waals surface area contributed by atoms with Gasteiger partial charge in [0.05, 0.1) is 0 Å². The van der Waals surface area contributed by atoms with E-state index >= 15 is 0 Å². The van der Waals surface area contributed by atoms with Crippen LogP contribution in [0.15, 0.2) is 18.3 Å². The molecule has 0 aliphatic heterocycles. The SMILES string of the molecule is CNc1cc(NCCNC(N)=O)ccn1. The fourth-order valence-corrected chi connectivity index (χ4v) is 1.07. The van der Waals surface area contributed by atoms with Crippen molar-refractivity contribution in [1.82, 2.24) is 10.3 Å². The Hall–Kier alpha value is -1.98. The highest BCUT2D eigenvalue weighted by atomic mass is 16.2. The van der Waals surface area contributed by atoms with Crippen molar-refractivity contribution in [2.45, 2.75) is 0 Å². The number of nitrogens with zero attached hydrogens (tertiary/aromatic N) is 1. The number of nitrogens with two attached hydrogens (primary N) is 1. The summed E-state index contributed by atoms with van der Waals surface area (Å²) in [5.74, 6) is 0.794. The maximum atomic E-state index is 10.4. The van der Waals surface area contributed by atoms with Crippen LogP contribution in [0.2, 0.25) is 0 Å². The molecule has 0 unspecified atom stereocenters. The van der Waals surface area contributed by atoms with E-state index in [4.69, 9.17) is 5.73 Å². The number of carbonyl (C=O) groups is 1. The summed E-state index contributed by atoms with van der Waals surface area (Å²) >= 11 is 0. The molecule has 15 heavy (non-hydrogen) atoms. The van der Waals surface area contributed by atoms with Crippen molar-refractivity contribution in [3.63, 3.8) is 0 Å². The summed E-state index contributed by atoms with van der Waals surface area (Å²) < 4.78 is 0. The third kappa shape index (κ3) is 4.17. The van der Waals surface area contributed by atoms with Crippen molar-refractivity contribution in [3.05, 3.63) is 18.3 Å². The number of carbonyl (C=O) groups excluding carboxylic acids is 1. The Morgan fingerprint density at radius 2 is 2.33 bits per heavy atom. The summed E-state index contributed by atoms with van der Waals surface area (Å²) in [5, 5.41) is 8.55. The molecule has 0 atom stereocenters. The van der Waals surface area contributed by atoms with E-state index in [1.54, 1.807) is 13.2 Å². The van der Waals surface area contributed by atoms with Gasteiger partial charge in [0.1, 0.15) is 5.82 Å². The van der Waals surface area contributed by atoms with Crippen LogP contribution in [0, 0.1) is 0 Å². The smallest absolute Gasteiger partial charge is 0.312 e. The van der Waals surface area contributed by atoms with Gasteiger partial charge in [-0.15, -0.1) is 0 Å². The first kappa shape index (κ1) is 11.1. The lowest BCUT2D eigenvalue weighted by Gasteiger charge is -2.07. The maximum Gasteiger partial charge on any atom is 0.312 e.